The largest absolute Gasteiger partial charge is 0.492 e. The van der Waals surface area contributed by atoms with E-state index in [2.05, 4.69) is 4.90 Å². The summed E-state index contributed by atoms with van der Waals surface area (Å²) in [5.74, 6) is -0.870. The summed E-state index contributed by atoms with van der Waals surface area (Å²) in [6.07, 6.45) is -1.99. The van der Waals surface area contributed by atoms with Gasteiger partial charge in [0.25, 0.3) is 0 Å². The molecule has 6 heteroatoms. The molecule has 1 fully saturated rings. The van der Waals surface area contributed by atoms with Crippen molar-refractivity contribution >= 4 is 5.97 Å². The van der Waals surface area contributed by atoms with Crippen molar-refractivity contribution < 1.29 is 23.8 Å². The normalized spacial score (nSPS) is 17.6. The third-order valence-electron chi connectivity index (χ3n) is 3.17. The molecule has 0 radical (unpaired) electrons. The zero-order valence-corrected chi connectivity index (χ0v) is 11.1. The van der Waals surface area contributed by atoms with Gasteiger partial charge in [0.15, 0.2) is 0 Å². The molecule has 1 aromatic carbocycles. The van der Waals surface area contributed by atoms with Gasteiger partial charge < -0.3 is 14.6 Å². The highest BCUT2D eigenvalue weighted by molar-refractivity contribution is 5.74. The average molecular weight is 283 g/mol. The van der Waals surface area contributed by atoms with Gasteiger partial charge in [0.05, 0.1) is 13.2 Å². The van der Waals surface area contributed by atoms with Crippen LogP contribution in [-0.2, 0) is 9.53 Å². The molecule has 0 spiro atoms. The number of hydrogen-bond acceptors (Lipinski definition) is 4. The second-order valence-electron chi connectivity index (χ2n) is 4.57. The molecule has 0 saturated carbocycles. The molecule has 2 rings (SSSR count). The number of rotatable bonds is 6. The number of carbonyl (C=O) groups is 1. The van der Waals surface area contributed by atoms with Crippen LogP contribution in [0, 0.1) is 0 Å². The lowest BCUT2D eigenvalue weighted by Gasteiger charge is -2.26. The number of morpholine rings is 1. The highest BCUT2D eigenvalue weighted by atomic mass is 19.1. The summed E-state index contributed by atoms with van der Waals surface area (Å²) < 4.78 is 24.0. The summed E-state index contributed by atoms with van der Waals surface area (Å²) in [5.41, 5.74) is 0.123. The first-order chi connectivity index (χ1) is 9.66. The molecule has 1 heterocycles. The lowest BCUT2D eigenvalue weighted by atomic mass is 10.1. The molecular weight excluding hydrogens is 265 g/mol. The highest BCUT2D eigenvalue weighted by Crippen LogP contribution is 2.20. The van der Waals surface area contributed by atoms with E-state index in [-0.39, 0.29) is 5.56 Å². The number of aliphatic carboxylic acids is 1. The van der Waals surface area contributed by atoms with Crippen LogP contribution in [0.2, 0.25) is 0 Å². The van der Waals surface area contributed by atoms with Gasteiger partial charge in [0, 0.05) is 19.6 Å². The van der Waals surface area contributed by atoms with E-state index in [9.17, 15) is 9.18 Å². The highest BCUT2D eigenvalue weighted by Gasteiger charge is 2.17. The first-order valence-corrected chi connectivity index (χ1v) is 6.56. The maximum Gasteiger partial charge on any atom is 0.343 e. The SMILES string of the molecule is O=C(O)C(F)c1ccc(OCCN2CCOCC2)cc1. The Labute approximate surface area is 116 Å². The van der Waals surface area contributed by atoms with Crippen LogP contribution >= 0.6 is 0 Å². The third-order valence-corrected chi connectivity index (χ3v) is 3.17. The molecule has 110 valence electrons. The second kappa shape index (κ2) is 7.21. The Hall–Kier alpha value is -1.66. The number of halogens is 1. The monoisotopic (exact) mass is 283 g/mol. The predicted molar refractivity (Wildman–Crippen MR) is 70.7 cm³/mol. The number of hydrogen-bond donors (Lipinski definition) is 1. The van der Waals surface area contributed by atoms with Crippen molar-refractivity contribution in [3.05, 3.63) is 29.8 Å². The molecule has 1 aromatic rings. The maximum absolute atomic E-state index is 13.2. The summed E-state index contributed by atoms with van der Waals surface area (Å²) in [6, 6.07) is 6.04. The van der Waals surface area contributed by atoms with Crippen LogP contribution in [-0.4, -0.2) is 55.4 Å². The number of carboxylic acids is 1. The van der Waals surface area contributed by atoms with E-state index >= 15 is 0 Å². The van der Waals surface area contributed by atoms with Gasteiger partial charge in [-0.25, -0.2) is 9.18 Å². The third kappa shape index (κ3) is 4.18. The molecule has 1 N–H and O–H groups in total. The molecule has 1 aliphatic heterocycles. The maximum atomic E-state index is 13.2. The van der Waals surface area contributed by atoms with Crippen LogP contribution < -0.4 is 4.74 Å². The van der Waals surface area contributed by atoms with Gasteiger partial charge in [-0.15, -0.1) is 0 Å². The predicted octanol–water partition coefficient (Wildman–Crippen LogP) is 1.49. The zero-order chi connectivity index (χ0) is 14.4. The molecule has 0 aromatic heterocycles. The lowest BCUT2D eigenvalue weighted by molar-refractivity contribution is -0.143. The Balaban J connectivity index is 1.77. The van der Waals surface area contributed by atoms with Crippen LogP contribution in [0.25, 0.3) is 0 Å². The molecular formula is C14H18FNO4. The first kappa shape index (κ1) is 14.7. The van der Waals surface area contributed by atoms with Crippen molar-refractivity contribution in [1.29, 1.82) is 0 Å². The molecule has 0 aliphatic carbocycles. The Bertz CT molecular complexity index is 431. The van der Waals surface area contributed by atoms with E-state index in [0.717, 1.165) is 32.8 Å². The number of ether oxygens (including phenoxy) is 2. The number of benzene rings is 1. The van der Waals surface area contributed by atoms with Gasteiger partial charge in [-0.05, 0) is 17.7 Å². The molecule has 0 bridgehead atoms. The van der Waals surface area contributed by atoms with E-state index in [4.69, 9.17) is 14.6 Å². The van der Waals surface area contributed by atoms with E-state index in [0.29, 0.717) is 12.4 Å². The number of nitrogens with zero attached hydrogens (tertiary/aromatic N) is 1. The van der Waals surface area contributed by atoms with Gasteiger partial charge in [-0.1, -0.05) is 12.1 Å². The van der Waals surface area contributed by atoms with Gasteiger partial charge in [-0.2, -0.15) is 0 Å². The molecule has 5 nitrogen and oxygen atoms in total. The quantitative estimate of drug-likeness (QED) is 0.857. The Morgan fingerprint density at radius 1 is 1.35 bits per heavy atom. The number of carboxylic acid groups (broad SMARTS) is 1. The van der Waals surface area contributed by atoms with Crippen molar-refractivity contribution in [1.82, 2.24) is 4.90 Å². The summed E-state index contributed by atoms with van der Waals surface area (Å²) in [4.78, 5) is 12.8. The van der Waals surface area contributed by atoms with Crippen molar-refractivity contribution in [2.45, 2.75) is 6.17 Å². The number of alkyl halides is 1. The van der Waals surface area contributed by atoms with E-state index in [1.165, 1.54) is 12.1 Å². The Morgan fingerprint density at radius 3 is 2.60 bits per heavy atom. The average Bonchev–Trinajstić information content (AvgIpc) is 2.48. The Morgan fingerprint density at radius 2 is 2.00 bits per heavy atom. The molecule has 20 heavy (non-hydrogen) atoms. The molecule has 0 amide bonds. The van der Waals surface area contributed by atoms with Gasteiger partial charge in [0.1, 0.15) is 12.4 Å². The van der Waals surface area contributed by atoms with Crippen LogP contribution in [0.5, 0.6) is 5.75 Å². The van der Waals surface area contributed by atoms with Crippen molar-refractivity contribution in [3.63, 3.8) is 0 Å². The zero-order valence-electron chi connectivity index (χ0n) is 11.1. The summed E-state index contributed by atoms with van der Waals surface area (Å²) in [5, 5.41) is 8.57. The lowest BCUT2D eigenvalue weighted by Crippen LogP contribution is -2.38. The fourth-order valence-electron chi connectivity index (χ4n) is 1.99. The van der Waals surface area contributed by atoms with Crippen molar-refractivity contribution in [3.8, 4) is 5.75 Å². The molecule has 1 atom stereocenters. The van der Waals surface area contributed by atoms with Crippen LogP contribution in [0.3, 0.4) is 0 Å². The van der Waals surface area contributed by atoms with Crippen LogP contribution in [0.1, 0.15) is 11.7 Å². The smallest absolute Gasteiger partial charge is 0.343 e. The second-order valence-corrected chi connectivity index (χ2v) is 4.57. The van der Waals surface area contributed by atoms with Crippen LogP contribution in [0.4, 0.5) is 4.39 Å². The van der Waals surface area contributed by atoms with Gasteiger partial charge >= 0.3 is 5.97 Å². The summed E-state index contributed by atoms with van der Waals surface area (Å²) in [7, 11) is 0. The van der Waals surface area contributed by atoms with Gasteiger partial charge in [-0.3, -0.25) is 4.90 Å². The van der Waals surface area contributed by atoms with E-state index < -0.39 is 12.1 Å². The minimum absolute atomic E-state index is 0.123. The first-order valence-electron chi connectivity index (χ1n) is 6.56. The van der Waals surface area contributed by atoms with Crippen LogP contribution in [0.15, 0.2) is 24.3 Å². The standard InChI is InChI=1S/C14H18FNO4/c15-13(14(17)18)11-1-3-12(4-2-11)20-10-7-16-5-8-19-9-6-16/h1-4,13H,5-10H2,(H,17,18). The van der Waals surface area contributed by atoms with Crippen molar-refractivity contribution in [2.75, 3.05) is 39.5 Å². The minimum Gasteiger partial charge on any atom is -0.492 e. The van der Waals surface area contributed by atoms with Gasteiger partial charge in [0.2, 0.25) is 6.17 Å². The molecule has 1 aliphatic rings. The minimum atomic E-state index is -1.99. The van der Waals surface area contributed by atoms with Crippen molar-refractivity contribution in [2.24, 2.45) is 0 Å². The van der Waals surface area contributed by atoms with E-state index in [1.54, 1.807) is 12.1 Å². The summed E-state index contributed by atoms with van der Waals surface area (Å²) >= 11 is 0. The topological polar surface area (TPSA) is 59.0 Å². The summed E-state index contributed by atoms with van der Waals surface area (Å²) in [6.45, 7) is 4.67. The Kier molecular flexibility index (Phi) is 5.31. The van der Waals surface area contributed by atoms with E-state index in [1.807, 2.05) is 0 Å². The fourth-order valence-corrected chi connectivity index (χ4v) is 1.99. The fraction of sp³-hybridized carbons (Fsp3) is 0.500. The molecule has 1 saturated heterocycles. The molecule has 1 unspecified atom stereocenters.